The van der Waals surface area contributed by atoms with E-state index in [2.05, 4.69) is 46.4 Å². The Labute approximate surface area is 120 Å². The molecule has 96 valence electrons. The van der Waals surface area contributed by atoms with Gasteiger partial charge in [0.1, 0.15) is 5.76 Å². The van der Waals surface area contributed by atoms with Gasteiger partial charge >= 0.3 is 0 Å². The van der Waals surface area contributed by atoms with E-state index in [4.69, 9.17) is 4.42 Å². The van der Waals surface area contributed by atoms with E-state index in [1.165, 1.54) is 10.5 Å². The molecule has 0 saturated carbocycles. The number of halogens is 1. The van der Waals surface area contributed by atoms with Gasteiger partial charge in [0.25, 0.3) is 0 Å². The van der Waals surface area contributed by atoms with Gasteiger partial charge in [-0.25, -0.2) is 0 Å². The number of rotatable bonds is 4. The third kappa shape index (κ3) is 2.99. The fourth-order valence-corrected chi connectivity index (χ4v) is 3.32. The summed E-state index contributed by atoms with van der Waals surface area (Å²) < 4.78 is 6.44. The van der Waals surface area contributed by atoms with Gasteiger partial charge in [0, 0.05) is 15.4 Å². The molecule has 0 amide bonds. The van der Waals surface area contributed by atoms with E-state index < -0.39 is 0 Å². The van der Waals surface area contributed by atoms with Crippen LogP contribution in [0.15, 0.2) is 49.2 Å². The molecule has 1 aromatic carbocycles. The molecule has 1 unspecified atom stereocenters. The Hall–Kier alpha value is -0.710. The van der Waals surface area contributed by atoms with Crippen LogP contribution in [0.3, 0.4) is 0 Å². The van der Waals surface area contributed by atoms with Crippen molar-refractivity contribution in [3.05, 3.63) is 46.3 Å². The Balaban J connectivity index is 2.36. The molecule has 0 bridgehead atoms. The Morgan fingerprint density at radius 1 is 1.28 bits per heavy atom. The first-order chi connectivity index (χ1) is 8.61. The van der Waals surface area contributed by atoms with Crippen LogP contribution < -0.4 is 5.32 Å². The highest BCUT2D eigenvalue weighted by Gasteiger charge is 2.12. The summed E-state index contributed by atoms with van der Waals surface area (Å²) in [6.45, 7) is 4.15. The molecular formula is C14H16BrNOS. The van der Waals surface area contributed by atoms with Crippen LogP contribution in [0.2, 0.25) is 0 Å². The van der Waals surface area contributed by atoms with Crippen LogP contribution >= 0.6 is 27.7 Å². The van der Waals surface area contributed by atoms with Crippen LogP contribution in [0.25, 0.3) is 0 Å². The molecule has 1 aromatic heterocycles. The van der Waals surface area contributed by atoms with Gasteiger partial charge in [-0.2, -0.15) is 0 Å². The van der Waals surface area contributed by atoms with Crippen molar-refractivity contribution >= 4 is 27.7 Å². The highest BCUT2D eigenvalue weighted by Crippen LogP contribution is 2.36. The summed E-state index contributed by atoms with van der Waals surface area (Å²) in [6.07, 6.45) is 1.73. The summed E-state index contributed by atoms with van der Waals surface area (Å²) in [4.78, 5) is 2.41. The lowest BCUT2D eigenvalue weighted by Gasteiger charge is -2.15. The van der Waals surface area contributed by atoms with E-state index in [-0.39, 0.29) is 0 Å². The summed E-state index contributed by atoms with van der Waals surface area (Å²) in [5, 5.41) is 3.28. The van der Waals surface area contributed by atoms with Gasteiger partial charge in [-0.15, -0.1) is 0 Å². The van der Waals surface area contributed by atoms with Gasteiger partial charge in [-0.3, -0.25) is 0 Å². The van der Waals surface area contributed by atoms with E-state index in [1.54, 1.807) is 18.0 Å². The first-order valence-corrected chi connectivity index (χ1v) is 7.41. The molecule has 4 heteroatoms. The minimum atomic E-state index is 0.327. The normalized spacial score (nSPS) is 12.7. The molecule has 0 radical (unpaired) electrons. The van der Waals surface area contributed by atoms with Crippen molar-refractivity contribution in [1.82, 2.24) is 5.32 Å². The lowest BCUT2D eigenvalue weighted by atomic mass is 10.1. The Morgan fingerprint density at radius 2 is 2.06 bits per heavy atom. The van der Waals surface area contributed by atoms with Crippen molar-refractivity contribution in [2.45, 2.75) is 29.7 Å². The van der Waals surface area contributed by atoms with Crippen LogP contribution in [0.1, 0.15) is 24.3 Å². The largest absolute Gasteiger partial charge is 0.468 e. The van der Waals surface area contributed by atoms with E-state index in [0.717, 1.165) is 15.1 Å². The second-order valence-corrected chi connectivity index (χ2v) is 6.14. The monoisotopic (exact) mass is 325 g/mol. The first-order valence-electron chi connectivity index (χ1n) is 5.80. The van der Waals surface area contributed by atoms with Gasteiger partial charge in [0.2, 0.25) is 0 Å². The maximum atomic E-state index is 5.35. The summed E-state index contributed by atoms with van der Waals surface area (Å²) in [7, 11) is 1.98. The molecule has 2 rings (SSSR count). The van der Waals surface area contributed by atoms with Crippen molar-refractivity contribution in [2.75, 3.05) is 7.05 Å². The fourth-order valence-electron chi connectivity index (χ4n) is 1.71. The van der Waals surface area contributed by atoms with Crippen LogP contribution in [0.4, 0.5) is 0 Å². The van der Waals surface area contributed by atoms with Crippen LogP contribution in [-0.4, -0.2) is 7.05 Å². The topological polar surface area (TPSA) is 25.2 Å². The maximum Gasteiger partial charge on any atom is 0.114 e. The van der Waals surface area contributed by atoms with E-state index >= 15 is 0 Å². The summed E-state index contributed by atoms with van der Waals surface area (Å²) >= 11 is 5.27. The lowest BCUT2D eigenvalue weighted by Crippen LogP contribution is -2.13. The highest BCUT2D eigenvalue weighted by molar-refractivity contribution is 9.10. The number of aryl methyl sites for hydroxylation is 1. The summed E-state index contributed by atoms with van der Waals surface area (Å²) in [5.41, 5.74) is 1.30. The molecule has 2 aromatic rings. The molecule has 0 aliphatic rings. The molecule has 0 aliphatic heterocycles. The molecule has 0 fully saturated rings. The molecule has 1 atom stereocenters. The van der Waals surface area contributed by atoms with Crippen molar-refractivity contribution < 1.29 is 4.42 Å². The predicted octanol–water partition coefficient (Wildman–Crippen LogP) is 4.78. The van der Waals surface area contributed by atoms with Gasteiger partial charge in [0.15, 0.2) is 0 Å². The minimum Gasteiger partial charge on any atom is -0.468 e. The van der Waals surface area contributed by atoms with E-state index in [0.29, 0.717) is 6.04 Å². The number of nitrogens with one attached hydrogen (secondary N) is 1. The standard InChI is InChI=1S/C14H16BrNOS/c1-9(16-3)12-5-4-11(15)8-14(12)18-13-6-7-17-10(13)2/h4-9,16H,1-3H3. The zero-order valence-corrected chi connectivity index (χ0v) is 13.1. The smallest absolute Gasteiger partial charge is 0.114 e. The number of benzene rings is 1. The SMILES string of the molecule is CNC(C)c1ccc(Br)cc1Sc1ccoc1C. The second-order valence-electron chi connectivity index (χ2n) is 4.14. The minimum absolute atomic E-state index is 0.327. The van der Waals surface area contributed by atoms with Crippen molar-refractivity contribution in [2.24, 2.45) is 0 Å². The van der Waals surface area contributed by atoms with Gasteiger partial charge in [-0.05, 0) is 44.7 Å². The lowest BCUT2D eigenvalue weighted by molar-refractivity contribution is 0.527. The molecule has 1 N–H and O–H groups in total. The molecule has 1 heterocycles. The van der Waals surface area contributed by atoms with Crippen molar-refractivity contribution in [3.8, 4) is 0 Å². The van der Waals surface area contributed by atoms with Crippen LogP contribution in [0.5, 0.6) is 0 Å². The second kappa shape index (κ2) is 5.95. The fraction of sp³-hybridized carbons (Fsp3) is 0.286. The first kappa shape index (κ1) is 13.7. The molecular weight excluding hydrogens is 310 g/mol. The Kier molecular flexibility index (Phi) is 4.54. The van der Waals surface area contributed by atoms with Crippen molar-refractivity contribution in [3.63, 3.8) is 0 Å². The molecule has 0 aliphatic carbocycles. The van der Waals surface area contributed by atoms with Crippen LogP contribution in [0, 0.1) is 6.92 Å². The van der Waals surface area contributed by atoms with E-state index in [9.17, 15) is 0 Å². The zero-order chi connectivity index (χ0) is 13.1. The van der Waals surface area contributed by atoms with Crippen molar-refractivity contribution in [1.29, 1.82) is 0 Å². The summed E-state index contributed by atoms with van der Waals surface area (Å²) in [6, 6.07) is 8.72. The Morgan fingerprint density at radius 3 is 2.67 bits per heavy atom. The van der Waals surface area contributed by atoms with E-state index in [1.807, 2.05) is 20.0 Å². The molecule has 0 spiro atoms. The third-order valence-electron chi connectivity index (χ3n) is 2.91. The summed E-state index contributed by atoms with van der Waals surface area (Å²) in [5.74, 6) is 0.961. The van der Waals surface area contributed by atoms with Crippen LogP contribution in [-0.2, 0) is 0 Å². The number of hydrogen-bond donors (Lipinski definition) is 1. The van der Waals surface area contributed by atoms with Gasteiger partial charge in [-0.1, -0.05) is 33.8 Å². The Bertz CT molecular complexity index is 538. The molecule has 18 heavy (non-hydrogen) atoms. The number of hydrogen-bond acceptors (Lipinski definition) is 3. The maximum absolute atomic E-state index is 5.35. The predicted molar refractivity (Wildman–Crippen MR) is 79.2 cm³/mol. The average molecular weight is 326 g/mol. The molecule has 2 nitrogen and oxygen atoms in total. The van der Waals surface area contributed by atoms with Gasteiger partial charge in [0.05, 0.1) is 11.2 Å². The highest BCUT2D eigenvalue weighted by atomic mass is 79.9. The average Bonchev–Trinajstić information content (AvgIpc) is 2.74. The quantitative estimate of drug-likeness (QED) is 0.875. The van der Waals surface area contributed by atoms with Gasteiger partial charge < -0.3 is 9.73 Å². The number of furan rings is 1. The molecule has 0 saturated heterocycles. The zero-order valence-electron chi connectivity index (χ0n) is 10.7. The third-order valence-corrected chi connectivity index (χ3v) is 4.62.